The maximum Gasteiger partial charge on any atom is 0.253 e. The number of pyridine rings is 1. The average Bonchev–Trinajstić information content (AvgIpc) is 3.08. The Kier molecular flexibility index (Phi) is 4.96. The van der Waals surface area contributed by atoms with Crippen LogP contribution in [-0.4, -0.2) is 10.9 Å². The van der Waals surface area contributed by atoms with Crippen molar-refractivity contribution in [2.75, 3.05) is 0 Å². The Morgan fingerprint density at radius 1 is 1.09 bits per heavy atom. The van der Waals surface area contributed by atoms with Crippen LogP contribution in [0.15, 0.2) is 59.6 Å². The second-order valence-corrected chi connectivity index (χ2v) is 6.49. The van der Waals surface area contributed by atoms with Gasteiger partial charge in [-0.15, -0.1) is 0 Å². The molecule has 0 saturated heterocycles. The van der Waals surface area contributed by atoms with Crippen LogP contribution in [0.3, 0.4) is 0 Å². The summed E-state index contributed by atoms with van der Waals surface area (Å²) in [6.07, 6.45) is 3.00. The number of amides is 1. The molecule has 0 aliphatic heterocycles. The number of rotatable bonds is 4. The summed E-state index contributed by atoms with van der Waals surface area (Å²) >= 11 is 13.6. The number of nitrogens with one attached hydrogen (secondary N) is 1. The zero-order chi connectivity index (χ0) is 16.2. The highest BCUT2D eigenvalue weighted by Gasteiger charge is 2.19. The van der Waals surface area contributed by atoms with Crippen molar-refractivity contribution < 1.29 is 4.79 Å². The van der Waals surface area contributed by atoms with Gasteiger partial charge in [-0.2, -0.15) is 11.3 Å². The Balaban J connectivity index is 1.92. The van der Waals surface area contributed by atoms with E-state index in [1.165, 1.54) is 6.20 Å². The molecule has 3 nitrogen and oxygen atoms in total. The van der Waals surface area contributed by atoms with Crippen molar-refractivity contribution in [2.24, 2.45) is 0 Å². The van der Waals surface area contributed by atoms with E-state index < -0.39 is 0 Å². The zero-order valence-electron chi connectivity index (χ0n) is 11.9. The third-order valence-corrected chi connectivity index (χ3v) is 4.63. The van der Waals surface area contributed by atoms with Gasteiger partial charge in [-0.05, 0) is 46.2 Å². The highest BCUT2D eigenvalue weighted by molar-refractivity contribution is 7.08. The van der Waals surface area contributed by atoms with Crippen LogP contribution in [-0.2, 0) is 0 Å². The maximum absolute atomic E-state index is 12.6. The van der Waals surface area contributed by atoms with Crippen LogP contribution in [0.2, 0.25) is 10.0 Å². The normalized spacial score (nSPS) is 11.9. The monoisotopic (exact) mass is 362 g/mol. The van der Waals surface area contributed by atoms with Crippen molar-refractivity contribution >= 4 is 40.4 Å². The first-order chi connectivity index (χ1) is 11.1. The smallest absolute Gasteiger partial charge is 0.253 e. The first kappa shape index (κ1) is 16.0. The van der Waals surface area contributed by atoms with E-state index in [1.54, 1.807) is 23.6 Å². The SMILES string of the molecule is O=C(N[C@@H](c1ccc(Cl)cc1)c1ccsc1)c1ccncc1Cl. The summed E-state index contributed by atoms with van der Waals surface area (Å²) in [7, 11) is 0. The molecule has 0 fully saturated rings. The van der Waals surface area contributed by atoms with Crippen LogP contribution in [0.5, 0.6) is 0 Å². The Labute approximate surface area is 147 Å². The Hall–Kier alpha value is -1.88. The van der Waals surface area contributed by atoms with Gasteiger partial charge in [0.2, 0.25) is 0 Å². The van der Waals surface area contributed by atoms with E-state index in [-0.39, 0.29) is 11.9 Å². The van der Waals surface area contributed by atoms with Gasteiger partial charge < -0.3 is 5.32 Å². The molecule has 0 aliphatic rings. The summed E-state index contributed by atoms with van der Waals surface area (Å²) < 4.78 is 0. The molecular weight excluding hydrogens is 351 g/mol. The molecule has 1 N–H and O–H groups in total. The van der Waals surface area contributed by atoms with Crippen molar-refractivity contribution in [2.45, 2.75) is 6.04 Å². The quantitative estimate of drug-likeness (QED) is 0.711. The minimum absolute atomic E-state index is 0.247. The third-order valence-electron chi connectivity index (χ3n) is 3.37. The lowest BCUT2D eigenvalue weighted by Crippen LogP contribution is -2.29. The number of nitrogens with zero attached hydrogens (tertiary/aromatic N) is 1. The maximum atomic E-state index is 12.6. The summed E-state index contributed by atoms with van der Waals surface area (Å²) in [5.74, 6) is -0.247. The van der Waals surface area contributed by atoms with Crippen LogP contribution >= 0.6 is 34.5 Å². The van der Waals surface area contributed by atoms with Gasteiger partial charge in [-0.25, -0.2) is 0 Å². The minimum atomic E-state index is -0.268. The van der Waals surface area contributed by atoms with Crippen LogP contribution in [0, 0.1) is 0 Å². The van der Waals surface area contributed by atoms with Crippen molar-refractivity contribution in [3.63, 3.8) is 0 Å². The molecule has 0 radical (unpaired) electrons. The van der Waals surface area contributed by atoms with E-state index in [0.717, 1.165) is 11.1 Å². The van der Waals surface area contributed by atoms with Gasteiger partial charge in [0, 0.05) is 17.4 Å². The Morgan fingerprint density at radius 3 is 2.52 bits per heavy atom. The minimum Gasteiger partial charge on any atom is -0.341 e. The van der Waals surface area contributed by atoms with E-state index in [2.05, 4.69) is 10.3 Å². The van der Waals surface area contributed by atoms with Gasteiger partial charge in [-0.1, -0.05) is 35.3 Å². The van der Waals surface area contributed by atoms with Gasteiger partial charge >= 0.3 is 0 Å². The van der Waals surface area contributed by atoms with Crippen LogP contribution < -0.4 is 5.32 Å². The first-order valence-electron chi connectivity index (χ1n) is 6.83. The molecule has 1 aromatic carbocycles. The zero-order valence-corrected chi connectivity index (χ0v) is 14.2. The third kappa shape index (κ3) is 3.72. The van der Waals surface area contributed by atoms with Gasteiger partial charge in [0.15, 0.2) is 0 Å². The van der Waals surface area contributed by atoms with E-state index >= 15 is 0 Å². The molecule has 0 aliphatic carbocycles. The molecule has 1 amide bonds. The summed E-state index contributed by atoms with van der Waals surface area (Å²) in [6, 6.07) is 10.7. The molecule has 116 valence electrons. The predicted molar refractivity (Wildman–Crippen MR) is 94.3 cm³/mol. The number of carbonyl (C=O) groups is 1. The van der Waals surface area contributed by atoms with Crippen LogP contribution in [0.25, 0.3) is 0 Å². The van der Waals surface area contributed by atoms with Gasteiger partial charge in [0.25, 0.3) is 5.91 Å². The number of benzene rings is 1. The highest BCUT2D eigenvalue weighted by Crippen LogP contribution is 2.26. The number of halogens is 2. The van der Waals surface area contributed by atoms with Gasteiger partial charge in [0.05, 0.1) is 16.6 Å². The van der Waals surface area contributed by atoms with E-state index in [9.17, 15) is 4.79 Å². The molecular formula is C17H12Cl2N2OS. The molecule has 3 rings (SSSR count). The average molecular weight is 363 g/mol. The topological polar surface area (TPSA) is 42.0 Å². The first-order valence-corrected chi connectivity index (χ1v) is 8.53. The number of aromatic nitrogens is 1. The lowest BCUT2D eigenvalue weighted by atomic mass is 10.0. The summed E-state index contributed by atoms with van der Waals surface area (Å²) in [5, 5.41) is 7.99. The molecule has 23 heavy (non-hydrogen) atoms. The molecule has 0 saturated carbocycles. The molecule has 0 spiro atoms. The van der Waals surface area contributed by atoms with Crippen LogP contribution in [0.4, 0.5) is 0 Å². The molecule has 1 atom stereocenters. The summed E-state index contributed by atoms with van der Waals surface area (Å²) in [5.41, 5.74) is 2.36. The van der Waals surface area contributed by atoms with Crippen molar-refractivity contribution in [3.8, 4) is 0 Å². The lowest BCUT2D eigenvalue weighted by molar-refractivity contribution is 0.0943. The molecule has 3 aromatic rings. The molecule has 0 unspecified atom stereocenters. The molecule has 0 bridgehead atoms. The molecule has 2 aromatic heterocycles. The number of hydrogen-bond donors (Lipinski definition) is 1. The van der Waals surface area contributed by atoms with E-state index in [1.807, 2.05) is 41.1 Å². The summed E-state index contributed by atoms with van der Waals surface area (Å²) in [4.78, 5) is 16.5. The van der Waals surface area contributed by atoms with Crippen molar-refractivity contribution in [3.05, 3.63) is 86.3 Å². The van der Waals surface area contributed by atoms with E-state index in [0.29, 0.717) is 15.6 Å². The van der Waals surface area contributed by atoms with Gasteiger partial charge in [0.1, 0.15) is 0 Å². The number of carbonyl (C=O) groups excluding carboxylic acids is 1. The Morgan fingerprint density at radius 2 is 1.87 bits per heavy atom. The van der Waals surface area contributed by atoms with Crippen molar-refractivity contribution in [1.82, 2.24) is 10.3 Å². The lowest BCUT2D eigenvalue weighted by Gasteiger charge is -2.19. The summed E-state index contributed by atoms with van der Waals surface area (Å²) in [6.45, 7) is 0. The standard InChI is InChI=1S/C17H12Cl2N2OS/c18-13-3-1-11(2-4-13)16(12-6-8-23-10-12)21-17(22)14-5-7-20-9-15(14)19/h1-10,16H,(H,21,22)/t16-/m0/s1. The molecule has 6 heteroatoms. The predicted octanol–water partition coefficient (Wildman–Crippen LogP) is 4.97. The van der Waals surface area contributed by atoms with E-state index in [4.69, 9.17) is 23.2 Å². The second kappa shape index (κ2) is 7.13. The molecule has 2 heterocycles. The van der Waals surface area contributed by atoms with Crippen LogP contribution in [0.1, 0.15) is 27.5 Å². The highest BCUT2D eigenvalue weighted by atomic mass is 35.5. The van der Waals surface area contributed by atoms with Crippen molar-refractivity contribution in [1.29, 1.82) is 0 Å². The fraction of sp³-hybridized carbons (Fsp3) is 0.0588. The second-order valence-electron chi connectivity index (χ2n) is 4.87. The Bertz CT molecular complexity index is 804. The number of thiophene rings is 1. The van der Waals surface area contributed by atoms with Gasteiger partial charge in [-0.3, -0.25) is 9.78 Å². The largest absolute Gasteiger partial charge is 0.341 e. The fourth-order valence-corrected chi connectivity index (χ4v) is 3.24. The fourth-order valence-electron chi connectivity index (χ4n) is 2.22. The number of hydrogen-bond acceptors (Lipinski definition) is 3.